The van der Waals surface area contributed by atoms with Crippen LogP contribution in [0.4, 0.5) is 5.69 Å². The van der Waals surface area contributed by atoms with E-state index in [-0.39, 0.29) is 12.3 Å². The highest BCUT2D eigenvalue weighted by molar-refractivity contribution is 7.15. The molecule has 31 heavy (non-hydrogen) atoms. The third kappa shape index (κ3) is 5.51. The van der Waals surface area contributed by atoms with Gasteiger partial charge in [0.05, 0.1) is 18.7 Å². The summed E-state index contributed by atoms with van der Waals surface area (Å²) in [4.78, 5) is 18.2. The topological polar surface area (TPSA) is 51.2 Å². The second-order valence-electron chi connectivity index (χ2n) is 6.97. The molecule has 4 nitrogen and oxygen atoms in total. The summed E-state index contributed by atoms with van der Waals surface area (Å²) in [7, 11) is 0. The van der Waals surface area contributed by atoms with Gasteiger partial charge in [-0.05, 0) is 43.3 Å². The van der Waals surface area contributed by atoms with Crippen LogP contribution in [0.25, 0.3) is 21.8 Å². The van der Waals surface area contributed by atoms with E-state index in [1.54, 1.807) is 35.6 Å². The lowest BCUT2D eigenvalue weighted by Crippen LogP contribution is -2.15. The van der Waals surface area contributed by atoms with Gasteiger partial charge in [-0.15, -0.1) is 11.3 Å². The van der Waals surface area contributed by atoms with Crippen LogP contribution in [0, 0.1) is 6.92 Å². The van der Waals surface area contributed by atoms with Gasteiger partial charge in [0.1, 0.15) is 10.8 Å². The zero-order chi connectivity index (χ0) is 21.6. The summed E-state index contributed by atoms with van der Waals surface area (Å²) in [5, 5.41) is 4.56. The molecule has 6 heteroatoms. The molecule has 0 spiro atoms. The molecule has 1 N–H and O–H groups in total. The lowest BCUT2D eigenvalue weighted by molar-refractivity contribution is -0.116. The number of thiazole rings is 1. The first-order valence-corrected chi connectivity index (χ1v) is 11.1. The first-order chi connectivity index (χ1) is 15.1. The second kappa shape index (κ2) is 9.77. The number of anilines is 1. The third-order valence-electron chi connectivity index (χ3n) is 4.67. The van der Waals surface area contributed by atoms with Crippen molar-refractivity contribution < 1.29 is 9.53 Å². The Labute approximate surface area is 190 Å². The van der Waals surface area contributed by atoms with E-state index in [0.717, 1.165) is 32.4 Å². The minimum Gasteiger partial charge on any atom is -0.493 e. The van der Waals surface area contributed by atoms with Crippen molar-refractivity contribution in [1.29, 1.82) is 0 Å². The Bertz CT molecular complexity index is 1160. The average Bonchev–Trinajstić information content (AvgIpc) is 3.18. The summed E-state index contributed by atoms with van der Waals surface area (Å²) in [6.45, 7) is 2.38. The molecule has 1 amide bonds. The normalized spacial score (nSPS) is 10.6. The number of rotatable bonds is 7. The molecule has 0 aliphatic carbocycles. The Morgan fingerprint density at radius 1 is 0.968 bits per heavy atom. The number of nitrogens with one attached hydrogen (secondary N) is 1. The Hall–Kier alpha value is -3.15. The van der Waals surface area contributed by atoms with Crippen molar-refractivity contribution in [3.63, 3.8) is 0 Å². The van der Waals surface area contributed by atoms with Crippen LogP contribution in [-0.2, 0) is 4.79 Å². The SMILES string of the molecule is Cc1sc(-c2ccccc2)nc1-c1ccc(NC(=O)CCOc2ccc(Cl)cc2)cc1. The molecule has 0 aliphatic heterocycles. The fourth-order valence-electron chi connectivity index (χ4n) is 3.10. The van der Waals surface area contributed by atoms with E-state index in [0.29, 0.717) is 17.4 Å². The summed E-state index contributed by atoms with van der Waals surface area (Å²) in [5.74, 6) is 0.591. The molecule has 0 saturated carbocycles. The fourth-order valence-corrected chi connectivity index (χ4v) is 4.16. The number of hydrogen-bond acceptors (Lipinski definition) is 4. The zero-order valence-corrected chi connectivity index (χ0v) is 18.5. The quantitative estimate of drug-likeness (QED) is 0.336. The molecule has 3 aromatic carbocycles. The standard InChI is InChI=1S/C25H21ClN2O2S/c1-17-24(28-25(31-17)19-5-3-2-4-6-19)18-7-11-21(12-8-18)27-23(29)15-16-30-22-13-9-20(26)10-14-22/h2-14H,15-16H2,1H3,(H,27,29). The smallest absolute Gasteiger partial charge is 0.227 e. The van der Waals surface area contributed by atoms with Gasteiger partial charge < -0.3 is 10.1 Å². The molecular weight excluding hydrogens is 428 g/mol. The van der Waals surface area contributed by atoms with Crippen LogP contribution in [-0.4, -0.2) is 17.5 Å². The highest BCUT2D eigenvalue weighted by Gasteiger charge is 2.11. The van der Waals surface area contributed by atoms with E-state index < -0.39 is 0 Å². The monoisotopic (exact) mass is 448 g/mol. The van der Waals surface area contributed by atoms with Gasteiger partial charge in [-0.1, -0.05) is 54.1 Å². The third-order valence-corrected chi connectivity index (χ3v) is 5.94. The summed E-state index contributed by atoms with van der Waals surface area (Å²) >= 11 is 7.53. The van der Waals surface area contributed by atoms with Crippen molar-refractivity contribution >= 4 is 34.5 Å². The first-order valence-electron chi connectivity index (χ1n) is 9.90. The Morgan fingerprint density at radius 3 is 2.39 bits per heavy atom. The summed E-state index contributed by atoms with van der Waals surface area (Å²) < 4.78 is 5.57. The van der Waals surface area contributed by atoms with Gasteiger partial charge in [-0.2, -0.15) is 0 Å². The highest BCUT2D eigenvalue weighted by Crippen LogP contribution is 2.33. The van der Waals surface area contributed by atoms with Crippen LogP contribution in [0.5, 0.6) is 5.75 Å². The minimum atomic E-state index is -0.0992. The van der Waals surface area contributed by atoms with Crippen molar-refractivity contribution in [2.24, 2.45) is 0 Å². The van der Waals surface area contributed by atoms with Gasteiger partial charge in [0, 0.05) is 26.7 Å². The number of carbonyl (C=O) groups excluding carboxylic acids is 1. The van der Waals surface area contributed by atoms with Gasteiger partial charge in [-0.3, -0.25) is 4.79 Å². The molecule has 0 atom stereocenters. The maximum Gasteiger partial charge on any atom is 0.227 e. The first kappa shape index (κ1) is 21.1. The Kier molecular flexibility index (Phi) is 6.65. The van der Waals surface area contributed by atoms with Crippen molar-refractivity contribution in [1.82, 2.24) is 4.98 Å². The number of ether oxygens (including phenoxy) is 1. The Balaban J connectivity index is 1.34. The number of amides is 1. The largest absolute Gasteiger partial charge is 0.493 e. The lowest BCUT2D eigenvalue weighted by atomic mass is 10.1. The van der Waals surface area contributed by atoms with Gasteiger partial charge >= 0.3 is 0 Å². The second-order valence-corrected chi connectivity index (χ2v) is 8.61. The van der Waals surface area contributed by atoms with Crippen LogP contribution in [0.3, 0.4) is 0 Å². The molecule has 4 rings (SSSR count). The van der Waals surface area contributed by atoms with Crippen molar-refractivity contribution in [3.8, 4) is 27.6 Å². The van der Waals surface area contributed by atoms with Crippen LogP contribution in [0.1, 0.15) is 11.3 Å². The number of benzene rings is 3. The molecule has 0 radical (unpaired) electrons. The van der Waals surface area contributed by atoms with Crippen LogP contribution < -0.4 is 10.1 Å². The number of aromatic nitrogens is 1. The van der Waals surface area contributed by atoms with Crippen molar-refractivity contribution in [2.75, 3.05) is 11.9 Å². The maximum atomic E-state index is 12.2. The molecule has 0 aliphatic rings. The molecule has 1 aromatic heterocycles. The summed E-state index contributed by atoms with van der Waals surface area (Å²) in [6, 6.07) is 25.0. The highest BCUT2D eigenvalue weighted by atomic mass is 35.5. The van der Waals surface area contributed by atoms with Gasteiger partial charge in [-0.25, -0.2) is 4.98 Å². The predicted octanol–water partition coefficient (Wildman–Crippen LogP) is 6.85. The molecule has 4 aromatic rings. The maximum absolute atomic E-state index is 12.2. The van der Waals surface area contributed by atoms with Gasteiger partial charge in [0.25, 0.3) is 0 Å². The molecule has 0 saturated heterocycles. The van der Waals surface area contributed by atoms with Gasteiger partial charge in [0.15, 0.2) is 0 Å². The summed E-state index contributed by atoms with van der Waals surface area (Å²) in [5.41, 5.74) is 3.86. The lowest BCUT2D eigenvalue weighted by Gasteiger charge is -2.08. The van der Waals surface area contributed by atoms with E-state index in [4.69, 9.17) is 21.3 Å². The Morgan fingerprint density at radius 2 is 1.68 bits per heavy atom. The van der Waals surface area contributed by atoms with E-state index in [1.165, 1.54) is 0 Å². The van der Waals surface area contributed by atoms with E-state index in [1.807, 2.05) is 42.5 Å². The number of aryl methyl sites for hydroxylation is 1. The minimum absolute atomic E-state index is 0.0992. The molecule has 1 heterocycles. The van der Waals surface area contributed by atoms with E-state index in [9.17, 15) is 4.79 Å². The predicted molar refractivity (Wildman–Crippen MR) is 128 cm³/mol. The van der Waals surface area contributed by atoms with E-state index >= 15 is 0 Å². The molecular formula is C25H21ClN2O2S. The van der Waals surface area contributed by atoms with Crippen molar-refractivity contribution in [2.45, 2.75) is 13.3 Å². The van der Waals surface area contributed by atoms with Crippen LogP contribution >= 0.6 is 22.9 Å². The van der Waals surface area contributed by atoms with Gasteiger partial charge in [0.2, 0.25) is 5.91 Å². The molecule has 0 bridgehead atoms. The zero-order valence-electron chi connectivity index (χ0n) is 17.0. The number of carbonyl (C=O) groups is 1. The van der Waals surface area contributed by atoms with Crippen LogP contribution in [0.15, 0.2) is 78.9 Å². The fraction of sp³-hybridized carbons (Fsp3) is 0.120. The summed E-state index contributed by atoms with van der Waals surface area (Å²) in [6.07, 6.45) is 0.260. The molecule has 0 unspecified atom stereocenters. The van der Waals surface area contributed by atoms with E-state index in [2.05, 4.69) is 24.4 Å². The average molecular weight is 449 g/mol. The number of nitrogens with zero attached hydrogens (tertiary/aromatic N) is 1. The van der Waals surface area contributed by atoms with Crippen molar-refractivity contribution in [3.05, 3.63) is 88.8 Å². The molecule has 0 fully saturated rings. The molecule has 156 valence electrons. The number of hydrogen-bond donors (Lipinski definition) is 1. The van der Waals surface area contributed by atoms with Crippen LogP contribution in [0.2, 0.25) is 5.02 Å². The number of halogens is 1.